The molecular weight excluding hydrogens is 291 g/mol. The molecule has 0 aliphatic rings. The van der Waals surface area contributed by atoms with Gasteiger partial charge in [-0.1, -0.05) is 36.4 Å². The molecule has 6 heteroatoms. The zero-order chi connectivity index (χ0) is 15.5. The minimum absolute atomic E-state index is 0.0546. The van der Waals surface area contributed by atoms with Crippen LogP contribution in [0.1, 0.15) is 17.2 Å². The number of likely N-dealkylation sites (N-methyl/N-ethyl adjacent to an activating group) is 1. The third-order valence-corrected chi connectivity index (χ3v) is 4.24. The van der Waals surface area contributed by atoms with E-state index >= 15 is 0 Å². The smallest absolute Gasteiger partial charge is 0.238 e. The second-order valence-electron chi connectivity index (χ2n) is 4.75. The van der Waals surface area contributed by atoms with Crippen LogP contribution in [0.15, 0.2) is 53.4 Å². The second-order valence-corrected chi connectivity index (χ2v) is 6.32. The number of halogens is 1. The van der Waals surface area contributed by atoms with Crippen molar-refractivity contribution in [1.29, 1.82) is 0 Å². The molecule has 0 aliphatic heterocycles. The molecule has 0 radical (unpaired) electrons. The van der Waals surface area contributed by atoms with E-state index in [2.05, 4.69) is 5.32 Å². The average Bonchev–Trinajstić information content (AvgIpc) is 2.46. The van der Waals surface area contributed by atoms with Crippen LogP contribution in [0.5, 0.6) is 0 Å². The van der Waals surface area contributed by atoms with Crippen molar-refractivity contribution in [3.05, 3.63) is 65.5 Å². The molecule has 0 spiro atoms. The standard InChI is InChI=1S/C15H17FN2O2S/c1-18-15(11-5-3-2-4-6-11)9-12-7-8-13(10-14(12)16)21(17,19)20/h2-8,10,15,18H,9H2,1H3,(H2,17,19,20). The molecule has 4 nitrogen and oxygen atoms in total. The van der Waals surface area contributed by atoms with E-state index in [1.165, 1.54) is 12.1 Å². The van der Waals surface area contributed by atoms with Crippen molar-refractivity contribution in [3.8, 4) is 0 Å². The number of sulfonamides is 1. The van der Waals surface area contributed by atoms with E-state index in [0.717, 1.165) is 11.6 Å². The number of rotatable bonds is 5. The summed E-state index contributed by atoms with van der Waals surface area (Å²) in [7, 11) is -2.08. The van der Waals surface area contributed by atoms with Crippen LogP contribution >= 0.6 is 0 Å². The van der Waals surface area contributed by atoms with Gasteiger partial charge in [0.05, 0.1) is 4.90 Å². The summed E-state index contributed by atoms with van der Waals surface area (Å²) in [6.45, 7) is 0. The average molecular weight is 308 g/mol. The third-order valence-electron chi connectivity index (χ3n) is 3.33. The predicted molar refractivity (Wildman–Crippen MR) is 79.7 cm³/mol. The quantitative estimate of drug-likeness (QED) is 0.887. The van der Waals surface area contributed by atoms with Gasteiger partial charge in [0.25, 0.3) is 0 Å². The largest absolute Gasteiger partial charge is 0.313 e. The molecule has 0 saturated carbocycles. The molecule has 0 bridgehead atoms. The lowest BCUT2D eigenvalue weighted by molar-refractivity contribution is 0.551. The fourth-order valence-corrected chi connectivity index (χ4v) is 2.69. The van der Waals surface area contributed by atoms with E-state index < -0.39 is 15.8 Å². The number of benzene rings is 2. The van der Waals surface area contributed by atoms with E-state index in [9.17, 15) is 12.8 Å². The van der Waals surface area contributed by atoms with Gasteiger partial charge in [-0.25, -0.2) is 17.9 Å². The first-order valence-electron chi connectivity index (χ1n) is 6.45. The fraction of sp³-hybridized carbons (Fsp3) is 0.200. The number of hydrogen-bond donors (Lipinski definition) is 2. The molecule has 0 fully saturated rings. The van der Waals surface area contributed by atoms with Gasteiger partial charge in [0.2, 0.25) is 10.0 Å². The predicted octanol–water partition coefficient (Wildman–Crippen LogP) is 1.98. The van der Waals surface area contributed by atoms with Gasteiger partial charge in [0.1, 0.15) is 5.82 Å². The lowest BCUT2D eigenvalue weighted by Gasteiger charge is -2.17. The molecule has 1 atom stereocenters. The minimum Gasteiger partial charge on any atom is -0.313 e. The number of hydrogen-bond acceptors (Lipinski definition) is 3. The molecule has 21 heavy (non-hydrogen) atoms. The zero-order valence-corrected chi connectivity index (χ0v) is 12.4. The van der Waals surface area contributed by atoms with Crippen LogP contribution in [0.2, 0.25) is 0 Å². The first-order chi connectivity index (χ1) is 9.91. The summed E-state index contributed by atoms with van der Waals surface area (Å²) in [6.07, 6.45) is 0.414. The van der Waals surface area contributed by atoms with Gasteiger partial charge >= 0.3 is 0 Å². The Morgan fingerprint density at radius 2 is 1.86 bits per heavy atom. The van der Waals surface area contributed by atoms with Crippen molar-refractivity contribution in [2.45, 2.75) is 17.4 Å². The summed E-state index contributed by atoms with van der Waals surface area (Å²) in [6, 6.07) is 13.4. The van der Waals surface area contributed by atoms with Gasteiger partial charge in [-0.15, -0.1) is 0 Å². The first kappa shape index (κ1) is 15.6. The molecular formula is C15H17FN2O2S. The Bertz CT molecular complexity index is 718. The van der Waals surface area contributed by atoms with Crippen molar-refractivity contribution in [1.82, 2.24) is 5.32 Å². The van der Waals surface area contributed by atoms with Crippen LogP contribution in [0.25, 0.3) is 0 Å². The molecule has 0 aromatic heterocycles. The lowest BCUT2D eigenvalue weighted by atomic mass is 9.99. The summed E-state index contributed by atoms with van der Waals surface area (Å²) < 4.78 is 36.4. The second kappa shape index (κ2) is 6.34. The highest BCUT2D eigenvalue weighted by atomic mass is 32.2. The summed E-state index contributed by atoms with van der Waals surface area (Å²) in [4.78, 5) is -0.218. The SMILES string of the molecule is CNC(Cc1ccc(S(N)(=O)=O)cc1F)c1ccccc1. The van der Waals surface area contributed by atoms with Crippen LogP contribution in [0, 0.1) is 5.82 Å². The first-order valence-corrected chi connectivity index (χ1v) is 8.00. The highest BCUT2D eigenvalue weighted by molar-refractivity contribution is 7.89. The van der Waals surface area contributed by atoms with Crippen LogP contribution in [-0.4, -0.2) is 15.5 Å². The van der Waals surface area contributed by atoms with E-state index in [-0.39, 0.29) is 10.9 Å². The Kier molecular flexibility index (Phi) is 4.72. The van der Waals surface area contributed by atoms with Gasteiger partial charge in [-0.05, 0) is 36.7 Å². The van der Waals surface area contributed by atoms with Crippen LogP contribution in [0.4, 0.5) is 4.39 Å². The molecule has 2 aromatic carbocycles. The Morgan fingerprint density at radius 3 is 2.38 bits per heavy atom. The van der Waals surface area contributed by atoms with Crippen molar-refractivity contribution < 1.29 is 12.8 Å². The number of primary sulfonamides is 1. The highest BCUT2D eigenvalue weighted by Gasteiger charge is 2.15. The van der Waals surface area contributed by atoms with E-state index in [1.807, 2.05) is 30.3 Å². The number of nitrogens with two attached hydrogens (primary N) is 1. The molecule has 0 amide bonds. The monoisotopic (exact) mass is 308 g/mol. The Labute approximate surface area is 123 Å². The third kappa shape index (κ3) is 3.87. The maximum Gasteiger partial charge on any atom is 0.238 e. The normalized spacial score (nSPS) is 13.1. The Morgan fingerprint density at radius 1 is 1.19 bits per heavy atom. The Balaban J connectivity index is 2.27. The lowest BCUT2D eigenvalue weighted by Crippen LogP contribution is -2.19. The molecule has 2 rings (SSSR count). The molecule has 0 aliphatic carbocycles. The molecule has 1 unspecified atom stereocenters. The van der Waals surface area contributed by atoms with Crippen molar-refractivity contribution in [3.63, 3.8) is 0 Å². The van der Waals surface area contributed by atoms with Crippen LogP contribution in [-0.2, 0) is 16.4 Å². The Hall–Kier alpha value is -1.76. The van der Waals surface area contributed by atoms with E-state index in [4.69, 9.17) is 5.14 Å². The van der Waals surface area contributed by atoms with Crippen molar-refractivity contribution in [2.75, 3.05) is 7.05 Å². The van der Waals surface area contributed by atoms with E-state index in [1.54, 1.807) is 7.05 Å². The van der Waals surface area contributed by atoms with Gasteiger partial charge in [-0.2, -0.15) is 0 Å². The van der Waals surface area contributed by atoms with Crippen molar-refractivity contribution >= 4 is 10.0 Å². The topological polar surface area (TPSA) is 72.2 Å². The maximum absolute atomic E-state index is 14.0. The van der Waals surface area contributed by atoms with Gasteiger partial charge in [0, 0.05) is 6.04 Å². The fourth-order valence-electron chi connectivity index (χ4n) is 2.16. The van der Waals surface area contributed by atoms with E-state index in [0.29, 0.717) is 12.0 Å². The zero-order valence-electron chi connectivity index (χ0n) is 11.6. The molecule has 3 N–H and O–H groups in total. The summed E-state index contributed by atoms with van der Waals surface area (Å²) in [5.41, 5.74) is 1.47. The summed E-state index contributed by atoms with van der Waals surface area (Å²) >= 11 is 0. The molecule has 0 saturated heterocycles. The van der Waals surface area contributed by atoms with Gasteiger partial charge in [0.15, 0.2) is 0 Å². The summed E-state index contributed by atoms with van der Waals surface area (Å²) in [5.74, 6) is -0.572. The highest BCUT2D eigenvalue weighted by Crippen LogP contribution is 2.21. The van der Waals surface area contributed by atoms with Crippen LogP contribution < -0.4 is 10.5 Å². The van der Waals surface area contributed by atoms with Gasteiger partial charge in [-0.3, -0.25) is 0 Å². The molecule has 0 heterocycles. The minimum atomic E-state index is -3.88. The summed E-state index contributed by atoms with van der Waals surface area (Å²) in [5, 5.41) is 8.12. The maximum atomic E-state index is 14.0. The number of nitrogens with one attached hydrogen (secondary N) is 1. The molecule has 112 valence electrons. The van der Waals surface area contributed by atoms with Crippen molar-refractivity contribution in [2.24, 2.45) is 5.14 Å². The molecule has 2 aromatic rings. The van der Waals surface area contributed by atoms with Crippen LogP contribution in [0.3, 0.4) is 0 Å². The van der Waals surface area contributed by atoms with Gasteiger partial charge < -0.3 is 5.32 Å².